The first-order chi connectivity index (χ1) is 8.65. The second-order valence-corrected chi connectivity index (χ2v) is 3.83. The summed E-state index contributed by atoms with van der Waals surface area (Å²) in [5.74, 6) is -0.642. The molecule has 0 amide bonds. The van der Waals surface area contributed by atoms with E-state index in [1.165, 1.54) is 30.4 Å². The lowest BCUT2D eigenvalue weighted by atomic mass is 10.4. The molecule has 0 aromatic carbocycles. The van der Waals surface area contributed by atoms with Crippen LogP contribution < -0.4 is 0 Å². The van der Waals surface area contributed by atoms with Crippen molar-refractivity contribution in [3.63, 3.8) is 0 Å². The fraction of sp³-hybridized carbons (Fsp3) is 0.545. The highest BCUT2D eigenvalue weighted by atomic mass is 32.2. The van der Waals surface area contributed by atoms with Crippen LogP contribution in [0.4, 0.5) is 0 Å². The number of esters is 1. The number of carbonyl (C=O) groups is 2. The molecular weight excluding hydrogens is 258 g/mol. The van der Waals surface area contributed by atoms with Crippen LogP contribution in [0.25, 0.3) is 0 Å². The molecule has 102 valence electrons. The predicted octanol–water partition coefficient (Wildman–Crippen LogP) is 0.749. The number of ether oxygens (including phenoxy) is 2. The summed E-state index contributed by atoms with van der Waals surface area (Å²) in [4.78, 5) is 25.8. The Bertz CT molecular complexity index is 317. The summed E-state index contributed by atoms with van der Waals surface area (Å²) in [6, 6.07) is 0. The van der Waals surface area contributed by atoms with Crippen LogP contribution in [0.1, 0.15) is 13.3 Å². The molecule has 1 atom stereocenters. The Balaban J connectivity index is 4.21. The zero-order valence-corrected chi connectivity index (χ0v) is 11.2. The molecule has 0 aromatic rings. The van der Waals surface area contributed by atoms with Crippen molar-refractivity contribution >= 4 is 29.6 Å². The summed E-state index contributed by atoms with van der Waals surface area (Å²) in [6.45, 7) is 1.54. The van der Waals surface area contributed by atoms with E-state index in [9.17, 15) is 9.59 Å². The molecule has 0 rings (SSSR count). The summed E-state index contributed by atoms with van der Waals surface area (Å²) in [7, 11) is 0. The molecule has 0 radical (unpaired) electrons. The van der Waals surface area contributed by atoms with E-state index in [0.29, 0.717) is 12.7 Å². The topological polar surface area (TPSA) is 85.2 Å². The monoisotopic (exact) mass is 275 g/mol. The molecule has 0 aliphatic rings. The summed E-state index contributed by atoms with van der Waals surface area (Å²) >= 11 is 1.37. The molecule has 0 saturated carbocycles. The van der Waals surface area contributed by atoms with Gasteiger partial charge in [-0.1, -0.05) is 0 Å². The number of rotatable bonds is 9. The average molecular weight is 275 g/mol. The van der Waals surface area contributed by atoms with Crippen molar-refractivity contribution in [1.29, 1.82) is 0 Å². The number of aliphatic hydroxyl groups excluding tert-OH is 1. The maximum absolute atomic E-state index is 11.4. The maximum atomic E-state index is 11.4. The lowest BCUT2D eigenvalue weighted by Crippen LogP contribution is -2.24. The van der Waals surface area contributed by atoms with Crippen LogP contribution in [0.15, 0.2) is 17.0 Å². The van der Waals surface area contributed by atoms with Crippen LogP contribution in [0, 0.1) is 0 Å². The maximum Gasteiger partial charge on any atom is 0.347 e. The van der Waals surface area contributed by atoms with Crippen LogP contribution >= 0.6 is 11.8 Å². The normalized spacial score (nSPS) is 13.4. The zero-order valence-electron chi connectivity index (χ0n) is 10.4. The molecule has 1 N–H and O–H groups in total. The number of thioether (sulfide) groups is 1. The summed E-state index contributed by atoms with van der Waals surface area (Å²) in [5.41, 5.74) is 1.52. The van der Waals surface area contributed by atoms with Crippen molar-refractivity contribution in [3.05, 3.63) is 12.0 Å². The van der Waals surface area contributed by atoms with E-state index in [4.69, 9.17) is 14.6 Å². The second kappa shape index (κ2) is 10.8. The van der Waals surface area contributed by atoms with Crippen LogP contribution in [-0.2, 0) is 19.1 Å². The van der Waals surface area contributed by atoms with E-state index in [0.717, 1.165) is 0 Å². The molecule has 0 fully saturated rings. The average Bonchev–Trinajstić information content (AvgIpc) is 2.37. The summed E-state index contributed by atoms with van der Waals surface area (Å²) < 4.78 is 9.88. The van der Waals surface area contributed by atoms with Gasteiger partial charge in [-0.3, -0.25) is 9.79 Å². The van der Waals surface area contributed by atoms with E-state index in [1.807, 2.05) is 6.26 Å². The smallest absolute Gasteiger partial charge is 0.347 e. The highest BCUT2D eigenvalue weighted by molar-refractivity contribution is 8.11. The number of nitrogens with zero attached hydrogens (tertiary/aromatic N) is 1. The molecule has 0 aliphatic carbocycles. The van der Waals surface area contributed by atoms with E-state index >= 15 is 0 Å². The van der Waals surface area contributed by atoms with Gasteiger partial charge in [0.15, 0.2) is 18.1 Å². The largest absolute Gasteiger partial charge is 0.474 e. The fourth-order valence-corrected chi connectivity index (χ4v) is 1.04. The van der Waals surface area contributed by atoms with Crippen molar-refractivity contribution in [1.82, 2.24) is 0 Å². The number of aliphatic imine (C=N–C) groups is 1. The van der Waals surface area contributed by atoms with Gasteiger partial charge in [-0.05, 0) is 13.2 Å². The molecule has 6 nitrogen and oxygen atoms in total. The van der Waals surface area contributed by atoms with Crippen LogP contribution in [0.2, 0.25) is 0 Å². The lowest BCUT2D eigenvalue weighted by molar-refractivity contribution is -0.154. The first-order valence-electron chi connectivity index (χ1n) is 5.29. The van der Waals surface area contributed by atoms with Crippen LogP contribution in [0.5, 0.6) is 0 Å². The van der Waals surface area contributed by atoms with Gasteiger partial charge in [0, 0.05) is 13.0 Å². The Morgan fingerprint density at radius 1 is 1.56 bits per heavy atom. The molecule has 0 saturated heterocycles. The van der Waals surface area contributed by atoms with Gasteiger partial charge in [0.25, 0.3) is 0 Å². The number of hydrogen-bond acceptors (Lipinski definition) is 7. The second-order valence-electron chi connectivity index (χ2n) is 3.14. The third-order valence-corrected chi connectivity index (χ3v) is 2.01. The summed E-state index contributed by atoms with van der Waals surface area (Å²) in [5, 5.41) is 8.53. The number of carbonyl (C=O) groups excluding carboxylic acids is 2. The molecular formula is C11H17NO5S. The molecule has 0 aliphatic heterocycles. The first-order valence-corrected chi connectivity index (χ1v) is 6.58. The Hall–Kier alpha value is -1.34. The van der Waals surface area contributed by atoms with Crippen molar-refractivity contribution < 1.29 is 24.2 Å². The Morgan fingerprint density at radius 2 is 2.28 bits per heavy atom. The van der Waals surface area contributed by atoms with E-state index in [1.54, 1.807) is 0 Å². The lowest BCUT2D eigenvalue weighted by Gasteiger charge is -2.12. The highest BCUT2D eigenvalue weighted by Crippen LogP contribution is 2.03. The first kappa shape index (κ1) is 16.7. The Morgan fingerprint density at radius 3 is 2.83 bits per heavy atom. The molecule has 1 unspecified atom stereocenters. The molecule has 0 spiro atoms. The van der Waals surface area contributed by atoms with Gasteiger partial charge < -0.3 is 14.6 Å². The van der Waals surface area contributed by atoms with E-state index < -0.39 is 12.1 Å². The van der Waals surface area contributed by atoms with Crippen molar-refractivity contribution in [2.75, 3.05) is 19.5 Å². The number of allylic oxidation sites excluding steroid dienone is 1. The van der Waals surface area contributed by atoms with Crippen LogP contribution in [-0.4, -0.2) is 48.5 Å². The van der Waals surface area contributed by atoms with Crippen molar-refractivity contribution in [2.45, 2.75) is 19.4 Å². The molecule has 0 aromatic heterocycles. The number of hydrogen-bond donors (Lipinski definition) is 1. The minimum atomic E-state index is -0.898. The van der Waals surface area contributed by atoms with Gasteiger partial charge in [0.1, 0.15) is 0 Å². The highest BCUT2D eigenvalue weighted by Gasteiger charge is 2.16. The Labute approximate surface area is 110 Å². The number of aliphatic hydroxyl groups is 1. The Kier molecular flexibility index (Phi) is 9.99. The third-order valence-electron chi connectivity index (χ3n) is 1.68. The van der Waals surface area contributed by atoms with Crippen molar-refractivity contribution in [3.8, 4) is 0 Å². The fourth-order valence-electron chi connectivity index (χ4n) is 0.860. The third kappa shape index (κ3) is 7.86. The SMILES string of the molecule is CSC=NC=C(C=O)OC(C)C(=O)OCCCO. The van der Waals surface area contributed by atoms with E-state index in [-0.39, 0.29) is 19.0 Å². The molecule has 0 bridgehead atoms. The van der Waals surface area contributed by atoms with Gasteiger partial charge >= 0.3 is 5.97 Å². The molecule has 7 heteroatoms. The van der Waals surface area contributed by atoms with Gasteiger partial charge in [-0.25, -0.2) is 4.79 Å². The molecule has 0 heterocycles. The standard InChI is InChI=1S/C11H17NO5S/c1-9(11(15)16-5-3-4-13)17-10(7-14)6-12-8-18-2/h6-9,13H,3-5H2,1-2H3. The quantitative estimate of drug-likeness (QED) is 0.127. The molecule has 18 heavy (non-hydrogen) atoms. The van der Waals surface area contributed by atoms with E-state index in [2.05, 4.69) is 4.99 Å². The minimum absolute atomic E-state index is 0.0492. The predicted molar refractivity (Wildman–Crippen MR) is 69.4 cm³/mol. The number of aldehydes is 1. The van der Waals surface area contributed by atoms with Gasteiger partial charge in [-0.2, -0.15) is 0 Å². The van der Waals surface area contributed by atoms with Gasteiger partial charge in [0.2, 0.25) is 0 Å². The zero-order chi connectivity index (χ0) is 13.8. The van der Waals surface area contributed by atoms with Gasteiger partial charge in [0.05, 0.1) is 18.4 Å². The summed E-state index contributed by atoms with van der Waals surface area (Å²) in [6.07, 6.45) is 2.98. The van der Waals surface area contributed by atoms with Crippen molar-refractivity contribution in [2.24, 2.45) is 4.99 Å². The van der Waals surface area contributed by atoms with Gasteiger partial charge in [-0.15, -0.1) is 11.8 Å². The van der Waals surface area contributed by atoms with Crippen LogP contribution in [0.3, 0.4) is 0 Å². The minimum Gasteiger partial charge on any atom is -0.474 e.